The van der Waals surface area contributed by atoms with Crippen LogP contribution in [0.3, 0.4) is 0 Å². The second kappa shape index (κ2) is 6.00. The van der Waals surface area contributed by atoms with Gasteiger partial charge in [-0.1, -0.05) is 51.7 Å². The molecule has 3 rings (SSSR count). The molecule has 2 aliphatic rings. The zero-order chi connectivity index (χ0) is 14.9. The fraction of sp³-hybridized carbons (Fsp3) is 0.684. The Bertz CT molecular complexity index is 455. The van der Waals surface area contributed by atoms with Crippen molar-refractivity contribution in [3.63, 3.8) is 0 Å². The maximum atomic E-state index is 10.3. The van der Waals surface area contributed by atoms with E-state index in [2.05, 4.69) is 38.1 Å². The lowest BCUT2D eigenvalue weighted by Gasteiger charge is -2.53. The van der Waals surface area contributed by atoms with Crippen molar-refractivity contribution in [2.75, 3.05) is 0 Å². The second-order valence-electron chi connectivity index (χ2n) is 7.23. The number of ether oxygens (including phenoxy) is 1. The molecule has 1 aromatic carbocycles. The van der Waals surface area contributed by atoms with Crippen molar-refractivity contribution < 1.29 is 9.84 Å². The van der Waals surface area contributed by atoms with Gasteiger partial charge < -0.3 is 9.84 Å². The van der Waals surface area contributed by atoms with Crippen LogP contribution in [0.4, 0.5) is 0 Å². The van der Waals surface area contributed by atoms with Gasteiger partial charge in [0.05, 0.1) is 6.10 Å². The third-order valence-electron chi connectivity index (χ3n) is 5.60. The van der Waals surface area contributed by atoms with E-state index < -0.39 is 0 Å². The Morgan fingerprint density at radius 1 is 1.05 bits per heavy atom. The summed E-state index contributed by atoms with van der Waals surface area (Å²) in [6.45, 7) is 4.41. The standard InChI is InChI=1S/C19H28O2/c1-14(2)15-7-9-16(10-8-15)21-18-13-17(20)19(18)11-5-3-4-6-12-19/h7-10,14,17-18,20H,3-6,11-13H2,1-2H3. The fourth-order valence-corrected chi connectivity index (χ4v) is 4.03. The molecule has 116 valence electrons. The molecule has 2 saturated carbocycles. The van der Waals surface area contributed by atoms with Gasteiger partial charge in [0.1, 0.15) is 11.9 Å². The van der Waals surface area contributed by atoms with Gasteiger partial charge in [0.25, 0.3) is 0 Å². The van der Waals surface area contributed by atoms with Gasteiger partial charge >= 0.3 is 0 Å². The van der Waals surface area contributed by atoms with Crippen LogP contribution in [0.1, 0.15) is 70.3 Å². The maximum absolute atomic E-state index is 10.3. The van der Waals surface area contributed by atoms with E-state index in [0.717, 1.165) is 25.0 Å². The maximum Gasteiger partial charge on any atom is 0.119 e. The van der Waals surface area contributed by atoms with E-state index in [9.17, 15) is 5.11 Å². The SMILES string of the molecule is CC(C)c1ccc(OC2CC(O)C23CCCCCC3)cc1. The topological polar surface area (TPSA) is 29.5 Å². The van der Waals surface area contributed by atoms with Crippen molar-refractivity contribution >= 4 is 0 Å². The van der Waals surface area contributed by atoms with E-state index in [4.69, 9.17) is 4.74 Å². The summed E-state index contributed by atoms with van der Waals surface area (Å²) < 4.78 is 6.24. The molecular weight excluding hydrogens is 260 g/mol. The molecule has 0 amide bonds. The van der Waals surface area contributed by atoms with Gasteiger partial charge in [-0.05, 0) is 36.5 Å². The molecule has 0 radical (unpaired) electrons. The van der Waals surface area contributed by atoms with Crippen LogP contribution in [-0.4, -0.2) is 17.3 Å². The zero-order valence-electron chi connectivity index (χ0n) is 13.3. The Balaban J connectivity index is 1.69. The van der Waals surface area contributed by atoms with Crippen LogP contribution < -0.4 is 4.74 Å². The van der Waals surface area contributed by atoms with E-state index in [0.29, 0.717) is 5.92 Å². The van der Waals surface area contributed by atoms with Crippen molar-refractivity contribution in [1.82, 2.24) is 0 Å². The third-order valence-corrected chi connectivity index (χ3v) is 5.60. The van der Waals surface area contributed by atoms with Gasteiger partial charge in [0.15, 0.2) is 0 Å². The molecule has 0 heterocycles. The van der Waals surface area contributed by atoms with Crippen molar-refractivity contribution in [3.05, 3.63) is 29.8 Å². The summed E-state index contributed by atoms with van der Waals surface area (Å²) in [5.74, 6) is 1.51. The van der Waals surface area contributed by atoms with Gasteiger partial charge in [0.2, 0.25) is 0 Å². The molecule has 2 heteroatoms. The average molecular weight is 288 g/mol. The first kappa shape index (κ1) is 14.9. The fourth-order valence-electron chi connectivity index (χ4n) is 4.03. The molecule has 0 saturated heterocycles. The molecule has 2 nitrogen and oxygen atoms in total. The number of aliphatic hydroxyl groups is 1. The predicted molar refractivity (Wildman–Crippen MR) is 85.7 cm³/mol. The lowest BCUT2D eigenvalue weighted by molar-refractivity contribution is -0.163. The van der Waals surface area contributed by atoms with Gasteiger partial charge in [-0.3, -0.25) is 0 Å². The molecule has 0 aliphatic heterocycles. The van der Waals surface area contributed by atoms with Crippen LogP contribution in [0.5, 0.6) is 5.75 Å². The Hall–Kier alpha value is -1.02. The first-order valence-corrected chi connectivity index (χ1v) is 8.56. The van der Waals surface area contributed by atoms with E-state index >= 15 is 0 Å². The minimum atomic E-state index is -0.157. The van der Waals surface area contributed by atoms with Crippen LogP contribution in [0, 0.1) is 5.41 Å². The highest BCUT2D eigenvalue weighted by Gasteiger charge is 2.55. The van der Waals surface area contributed by atoms with Gasteiger partial charge in [0, 0.05) is 11.8 Å². The summed E-state index contributed by atoms with van der Waals surface area (Å²) >= 11 is 0. The third kappa shape index (κ3) is 2.83. The second-order valence-corrected chi connectivity index (χ2v) is 7.23. The largest absolute Gasteiger partial charge is 0.490 e. The first-order chi connectivity index (χ1) is 10.1. The quantitative estimate of drug-likeness (QED) is 0.876. The Kier molecular flexibility index (Phi) is 4.26. The average Bonchev–Trinajstić information content (AvgIpc) is 2.75. The lowest BCUT2D eigenvalue weighted by atomic mass is 9.59. The highest BCUT2D eigenvalue weighted by Crippen LogP contribution is 2.52. The Morgan fingerprint density at radius 2 is 1.67 bits per heavy atom. The number of hydrogen-bond donors (Lipinski definition) is 1. The summed E-state index contributed by atoms with van der Waals surface area (Å²) in [6.07, 6.45) is 8.20. The van der Waals surface area contributed by atoms with E-state index in [1.165, 1.54) is 31.2 Å². The van der Waals surface area contributed by atoms with E-state index in [1.54, 1.807) is 0 Å². The molecule has 2 atom stereocenters. The lowest BCUT2D eigenvalue weighted by Crippen LogP contribution is -2.59. The molecule has 21 heavy (non-hydrogen) atoms. The highest BCUT2D eigenvalue weighted by atomic mass is 16.5. The summed E-state index contributed by atoms with van der Waals surface area (Å²) in [6, 6.07) is 8.50. The minimum Gasteiger partial charge on any atom is -0.490 e. The molecular formula is C19H28O2. The van der Waals surface area contributed by atoms with Crippen LogP contribution in [-0.2, 0) is 0 Å². The van der Waals surface area contributed by atoms with Crippen molar-refractivity contribution in [1.29, 1.82) is 0 Å². The highest BCUT2D eigenvalue weighted by molar-refractivity contribution is 5.29. The van der Waals surface area contributed by atoms with Crippen LogP contribution in [0.25, 0.3) is 0 Å². The molecule has 2 fully saturated rings. The van der Waals surface area contributed by atoms with E-state index in [1.807, 2.05) is 0 Å². The van der Waals surface area contributed by atoms with Crippen LogP contribution >= 0.6 is 0 Å². The molecule has 2 aliphatic carbocycles. The minimum absolute atomic E-state index is 0.0349. The summed E-state index contributed by atoms with van der Waals surface area (Å²) in [4.78, 5) is 0. The summed E-state index contributed by atoms with van der Waals surface area (Å²) in [5.41, 5.74) is 1.38. The molecule has 0 aromatic heterocycles. The van der Waals surface area contributed by atoms with Gasteiger partial charge in [-0.2, -0.15) is 0 Å². The van der Waals surface area contributed by atoms with Gasteiger partial charge in [-0.25, -0.2) is 0 Å². The van der Waals surface area contributed by atoms with Crippen LogP contribution in [0.2, 0.25) is 0 Å². The molecule has 1 spiro atoms. The Morgan fingerprint density at radius 3 is 2.19 bits per heavy atom. The van der Waals surface area contributed by atoms with Crippen molar-refractivity contribution in [2.45, 2.75) is 76.9 Å². The number of hydrogen-bond acceptors (Lipinski definition) is 2. The van der Waals surface area contributed by atoms with Crippen molar-refractivity contribution in [3.8, 4) is 5.75 Å². The molecule has 2 unspecified atom stereocenters. The number of rotatable bonds is 3. The van der Waals surface area contributed by atoms with Crippen molar-refractivity contribution in [2.24, 2.45) is 5.41 Å². The zero-order valence-corrected chi connectivity index (χ0v) is 13.3. The van der Waals surface area contributed by atoms with E-state index in [-0.39, 0.29) is 17.6 Å². The normalized spacial score (nSPS) is 28.2. The van der Waals surface area contributed by atoms with Crippen LogP contribution in [0.15, 0.2) is 24.3 Å². The first-order valence-electron chi connectivity index (χ1n) is 8.56. The number of benzene rings is 1. The monoisotopic (exact) mass is 288 g/mol. The molecule has 0 bridgehead atoms. The smallest absolute Gasteiger partial charge is 0.119 e. The predicted octanol–water partition coefficient (Wildman–Crippen LogP) is 4.66. The number of aliphatic hydroxyl groups excluding tert-OH is 1. The Labute approximate surface area is 128 Å². The molecule has 1 aromatic rings. The molecule has 1 N–H and O–H groups in total. The summed E-state index contributed by atoms with van der Waals surface area (Å²) in [5, 5.41) is 10.3. The summed E-state index contributed by atoms with van der Waals surface area (Å²) in [7, 11) is 0. The van der Waals surface area contributed by atoms with Gasteiger partial charge in [-0.15, -0.1) is 0 Å².